The molecule has 9 nitrogen and oxygen atoms in total. The van der Waals surface area contributed by atoms with Crippen LogP contribution >= 0.6 is 0 Å². The molecule has 9 heteroatoms. The Morgan fingerprint density at radius 1 is 0.955 bits per heavy atom. The average Bonchev–Trinajstić information content (AvgIpc) is 3.49. The maximum Gasteiger partial charge on any atom is 0.303 e. The second-order valence-electron chi connectivity index (χ2n) is 11.6. The SMILES string of the molecule is COC[C@@H]1CCCN1C[C@H]1C[C@@H](c2ccc(CO)cc2)O[C@@H](c2cccc(-c3cccc(CNC(=O)CCC(=O)O)c3)c2)O1. The van der Waals surface area contributed by atoms with Crippen LogP contribution < -0.4 is 5.32 Å². The van der Waals surface area contributed by atoms with Crippen molar-refractivity contribution in [3.05, 3.63) is 95.1 Å². The third-order valence-corrected chi connectivity index (χ3v) is 8.39. The number of aliphatic carboxylic acids is 1. The third kappa shape index (κ3) is 8.52. The summed E-state index contributed by atoms with van der Waals surface area (Å²) in [6.07, 6.45) is 2.01. The van der Waals surface area contributed by atoms with Gasteiger partial charge in [0, 0.05) is 44.6 Å². The quantitative estimate of drug-likeness (QED) is 0.251. The summed E-state index contributed by atoms with van der Waals surface area (Å²) in [5, 5.41) is 21.1. The number of nitrogens with zero attached hydrogens (tertiary/aromatic N) is 1. The third-order valence-electron chi connectivity index (χ3n) is 8.39. The molecule has 3 aromatic carbocycles. The average molecular weight is 603 g/mol. The van der Waals surface area contributed by atoms with Crippen LogP contribution in [-0.2, 0) is 37.0 Å². The molecule has 2 aliphatic rings. The highest BCUT2D eigenvalue weighted by atomic mass is 16.7. The van der Waals surface area contributed by atoms with Gasteiger partial charge < -0.3 is 29.7 Å². The number of methoxy groups -OCH3 is 1. The molecule has 44 heavy (non-hydrogen) atoms. The van der Waals surface area contributed by atoms with Gasteiger partial charge in [-0.1, -0.05) is 60.7 Å². The number of rotatable bonds is 13. The zero-order chi connectivity index (χ0) is 30.9. The van der Waals surface area contributed by atoms with Gasteiger partial charge in [-0.25, -0.2) is 0 Å². The highest BCUT2D eigenvalue weighted by molar-refractivity contribution is 5.80. The van der Waals surface area contributed by atoms with Crippen molar-refractivity contribution < 1.29 is 34.0 Å². The maximum atomic E-state index is 12.0. The Morgan fingerprint density at radius 2 is 1.73 bits per heavy atom. The number of carbonyl (C=O) groups excluding carboxylic acids is 1. The molecular weight excluding hydrogens is 560 g/mol. The van der Waals surface area contributed by atoms with Gasteiger partial charge in [0.1, 0.15) is 0 Å². The van der Waals surface area contributed by atoms with Crippen LogP contribution in [0.2, 0.25) is 0 Å². The number of nitrogens with one attached hydrogen (secondary N) is 1. The molecule has 2 aliphatic heterocycles. The van der Waals surface area contributed by atoms with Gasteiger partial charge in [0.15, 0.2) is 6.29 Å². The molecule has 0 aromatic heterocycles. The van der Waals surface area contributed by atoms with Gasteiger partial charge in [-0.2, -0.15) is 0 Å². The van der Waals surface area contributed by atoms with Crippen LogP contribution in [0.15, 0.2) is 72.8 Å². The summed E-state index contributed by atoms with van der Waals surface area (Å²) in [6.45, 7) is 2.87. The fourth-order valence-corrected chi connectivity index (χ4v) is 6.05. The van der Waals surface area contributed by atoms with E-state index in [1.807, 2.05) is 66.7 Å². The minimum absolute atomic E-state index is 0.00109. The van der Waals surface area contributed by atoms with Crippen molar-refractivity contribution in [3.63, 3.8) is 0 Å². The summed E-state index contributed by atoms with van der Waals surface area (Å²) >= 11 is 0. The Kier molecular flexibility index (Phi) is 11.1. The van der Waals surface area contributed by atoms with Crippen LogP contribution in [-0.4, -0.2) is 65.9 Å². The van der Waals surface area contributed by atoms with Crippen LogP contribution in [0.5, 0.6) is 0 Å². The van der Waals surface area contributed by atoms with Gasteiger partial charge in [0.05, 0.1) is 31.8 Å². The number of hydrogen-bond acceptors (Lipinski definition) is 7. The lowest BCUT2D eigenvalue weighted by Gasteiger charge is -2.39. The lowest BCUT2D eigenvalue weighted by atomic mass is 9.98. The van der Waals surface area contributed by atoms with Gasteiger partial charge in [0.25, 0.3) is 0 Å². The Hall–Kier alpha value is -3.60. The number of likely N-dealkylation sites (tertiary alicyclic amines) is 1. The minimum Gasteiger partial charge on any atom is -0.481 e. The summed E-state index contributed by atoms with van der Waals surface area (Å²) in [5.41, 5.74) is 5.76. The lowest BCUT2D eigenvalue weighted by molar-refractivity contribution is -0.253. The van der Waals surface area contributed by atoms with E-state index in [4.69, 9.17) is 19.3 Å². The standard InChI is InChI=1S/C35H42N2O7/c1-42-23-30-9-4-16-37(30)21-31-19-32(26-12-10-24(22-38)11-13-26)44-35(43-31)29-8-3-7-28(18-29)27-6-2-5-25(17-27)20-36-33(39)14-15-34(40)41/h2-3,5-8,10-13,17-18,30-32,35,38H,4,9,14-16,19-23H2,1H3,(H,36,39)(H,40,41)/t30-,31+,32-,35-/m0/s1. The van der Waals surface area contributed by atoms with Gasteiger partial charge in [-0.3, -0.25) is 14.5 Å². The molecule has 3 N–H and O–H groups in total. The molecule has 1 amide bonds. The van der Waals surface area contributed by atoms with E-state index in [9.17, 15) is 14.7 Å². The second kappa shape index (κ2) is 15.4. The first kappa shape index (κ1) is 31.8. The van der Waals surface area contributed by atoms with E-state index in [1.54, 1.807) is 7.11 Å². The van der Waals surface area contributed by atoms with Crippen LogP contribution in [0.1, 0.15) is 66.8 Å². The summed E-state index contributed by atoms with van der Waals surface area (Å²) < 4.78 is 18.7. The molecule has 2 fully saturated rings. The van der Waals surface area contributed by atoms with E-state index < -0.39 is 12.3 Å². The van der Waals surface area contributed by atoms with Crippen molar-refractivity contribution in [2.45, 2.75) is 69.8 Å². The lowest BCUT2D eigenvalue weighted by Crippen LogP contribution is -2.42. The first-order valence-corrected chi connectivity index (χ1v) is 15.3. The van der Waals surface area contributed by atoms with Crippen LogP contribution in [0.25, 0.3) is 11.1 Å². The predicted molar refractivity (Wildman–Crippen MR) is 165 cm³/mol. The van der Waals surface area contributed by atoms with Gasteiger partial charge >= 0.3 is 5.97 Å². The first-order valence-electron chi connectivity index (χ1n) is 15.3. The maximum absolute atomic E-state index is 12.0. The van der Waals surface area contributed by atoms with E-state index in [0.717, 1.165) is 65.7 Å². The molecule has 0 radical (unpaired) electrons. The number of carboxylic acids is 1. The molecule has 3 aromatic rings. The number of amides is 1. The van der Waals surface area contributed by atoms with Crippen molar-refractivity contribution in [1.82, 2.24) is 10.2 Å². The monoisotopic (exact) mass is 602 g/mol. The Morgan fingerprint density at radius 3 is 2.48 bits per heavy atom. The molecule has 2 heterocycles. The fraction of sp³-hybridized carbons (Fsp3) is 0.429. The molecule has 0 unspecified atom stereocenters. The van der Waals surface area contributed by atoms with Crippen molar-refractivity contribution in [1.29, 1.82) is 0 Å². The van der Waals surface area contributed by atoms with Crippen molar-refractivity contribution in [2.75, 3.05) is 26.8 Å². The van der Waals surface area contributed by atoms with E-state index in [2.05, 4.69) is 16.3 Å². The van der Waals surface area contributed by atoms with Gasteiger partial charge in [-0.05, 0) is 59.3 Å². The molecule has 5 rings (SSSR count). The molecular formula is C35H42N2O7. The number of ether oxygens (including phenoxy) is 3. The van der Waals surface area contributed by atoms with E-state index in [1.165, 1.54) is 0 Å². The number of benzene rings is 3. The zero-order valence-electron chi connectivity index (χ0n) is 25.2. The summed E-state index contributed by atoms with van der Waals surface area (Å²) in [4.78, 5) is 25.3. The summed E-state index contributed by atoms with van der Waals surface area (Å²) in [6, 6.07) is 24.4. The van der Waals surface area contributed by atoms with E-state index in [-0.39, 0.29) is 37.6 Å². The summed E-state index contributed by atoms with van der Waals surface area (Å²) in [7, 11) is 1.75. The smallest absolute Gasteiger partial charge is 0.303 e. The Balaban J connectivity index is 1.33. The van der Waals surface area contributed by atoms with Gasteiger partial charge in [0.2, 0.25) is 5.91 Å². The molecule has 0 aliphatic carbocycles. The number of aliphatic hydroxyl groups excluding tert-OH is 1. The summed E-state index contributed by atoms with van der Waals surface area (Å²) in [5.74, 6) is -1.28. The minimum atomic E-state index is -0.989. The number of aliphatic hydroxyl groups is 1. The normalized spacial score (nSPS) is 22.1. The van der Waals surface area contributed by atoms with Crippen molar-refractivity contribution >= 4 is 11.9 Å². The van der Waals surface area contributed by atoms with E-state index in [0.29, 0.717) is 19.2 Å². The van der Waals surface area contributed by atoms with Gasteiger partial charge in [-0.15, -0.1) is 0 Å². The largest absolute Gasteiger partial charge is 0.481 e. The number of carbonyl (C=O) groups is 2. The highest BCUT2D eigenvalue weighted by Crippen LogP contribution is 2.39. The topological polar surface area (TPSA) is 118 Å². The predicted octanol–water partition coefficient (Wildman–Crippen LogP) is 4.98. The van der Waals surface area contributed by atoms with Crippen LogP contribution in [0.3, 0.4) is 0 Å². The second-order valence-corrected chi connectivity index (χ2v) is 11.6. The Bertz CT molecular complexity index is 1400. The number of hydrogen-bond donors (Lipinski definition) is 3. The zero-order valence-corrected chi connectivity index (χ0v) is 25.2. The molecule has 0 spiro atoms. The molecule has 2 saturated heterocycles. The van der Waals surface area contributed by atoms with Crippen molar-refractivity contribution in [2.24, 2.45) is 0 Å². The highest BCUT2D eigenvalue weighted by Gasteiger charge is 2.35. The Labute approximate surface area is 258 Å². The first-order chi connectivity index (χ1) is 21.4. The fourth-order valence-electron chi connectivity index (χ4n) is 6.05. The van der Waals surface area contributed by atoms with Crippen LogP contribution in [0, 0.1) is 0 Å². The molecule has 234 valence electrons. The van der Waals surface area contributed by atoms with E-state index >= 15 is 0 Å². The van der Waals surface area contributed by atoms with Crippen LogP contribution in [0.4, 0.5) is 0 Å². The molecule has 0 saturated carbocycles. The molecule has 0 bridgehead atoms. The molecule has 4 atom stereocenters. The van der Waals surface area contributed by atoms with Crippen molar-refractivity contribution in [3.8, 4) is 11.1 Å². The number of carboxylic acid groups (broad SMARTS) is 1.